The monoisotopic (exact) mass is 496 g/mol. The molecule has 0 aromatic heterocycles. The zero-order valence-electron chi connectivity index (χ0n) is 17.8. The van der Waals surface area contributed by atoms with E-state index in [0.717, 1.165) is 45.0 Å². The Hall–Kier alpha value is -3.57. The minimum Gasteiger partial charge on any atom is -0.464 e. The lowest BCUT2D eigenvalue weighted by Crippen LogP contribution is -2.33. The molecule has 0 amide bonds. The van der Waals surface area contributed by atoms with Crippen molar-refractivity contribution in [3.05, 3.63) is 124 Å². The standard InChI is InChI=1S/C28H21BrN2O2/c29-21-15-13-19(14-16-21)25-18-26-24-11-4-5-12-27(24)33-28(31(26)30-25)20-7-6-10-23(17-20)32-22-8-2-1-3-9-22/h1-17,26,28H,18H2. The quantitative estimate of drug-likeness (QED) is 0.293. The van der Waals surface area contributed by atoms with Gasteiger partial charge in [0.15, 0.2) is 0 Å². The smallest absolute Gasteiger partial charge is 0.214 e. The van der Waals surface area contributed by atoms with E-state index in [9.17, 15) is 0 Å². The lowest BCUT2D eigenvalue weighted by atomic mass is 9.96. The summed E-state index contributed by atoms with van der Waals surface area (Å²) in [6, 6.07) is 34.6. The molecule has 0 bridgehead atoms. The van der Waals surface area contributed by atoms with E-state index in [2.05, 4.69) is 63.4 Å². The van der Waals surface area contributed by atoms with E-state index in [-0.39, 0.29) is 12.3 Å². The zero-order chi connectivity index (χ0) is 22.2. The summed E-state index contributed by atoms with van der Waals surface area (Å²) in [6.07, 6.45) is 0.496. The molecule has 2 atom stereocenters. The van der Waals surface area contributed by atoms with Crippen molar-refractivity contribution < 1.29 is 9.47 Å². The number of para-hydroxylation sites is 2. The highest BCUT2D eigenvalue weighted by molar-refractivity contribution is 9.10. The molecule has 0 spiro atoms. The van der Waals surface area contributed by atoms with Gasteiger partial charge in [-0.05, 0) is 48.0 Å². The van der Waals surface area contributed by atoms with Crippen LogP contribution in [0.25, 0.3) is 0 Å². The van der Waals surface area contributed by atoms with Crippen LogP contribution in [-0.2, 0) is 0 Å². The highest BCUT2D eigenvalue weighted by Gasteiger charge is 2.40. The first-order valence-corrected chi connectivity index (χ1v) is 11.7. The zero-order valence-corrected chi connectivity index (χ0v) is 19.4. The van der Waals surface area contributed by atoms with Crippen molar-refractivity contribution in [3.8, 4) is 17.2 Å². The molecule has 5 heteroatoms. The Bertz CT molecular complexity index is 1320. The molecule has 0 fully saturated rings. The van der Waals surface area contributed by atoms with E-state index >= 15 is 0 Å². The fraction of sp³-hybridized carbons (Fsp3) is 0.107. The third-order valence-electron chi connectivity index (χ3n) is 6.00. The topological polar surface area (TPSA) is 34.1 Å². The third kappa shape index (κ3) is 3.89. The van der Waals surface area contributed by atoms with Gasteiger partial charge in [0, 0.05) is 22.0 Å². The lowest BCUT2D eigenvalue weighted by molar-refractivity contribution is -0.0191. The Morgan fingerprint density at radius 2 is 1.58 bits per heavy atom. The van der Waals surface area contributed by atoms with Crippen LogP contribution in [0.2, 0.25) is 0 Å². The maximum absolute atomic E-state index is 6.50. The normalized spacial score (nSPS) is 18.7. The molecule has 4 nitrogen and oxygen atoms in total. The second kappa shape index (κ2) is 8.41. The predicted molar refractivity (Wildman–Crippen MR) is 133 cm³/mol. The fourth-order valence-corrected chi connectivity index (χ4v) is 4.69. The van der Waals surface area contributed by atoms with Gasteiger partial charge in [-0.15, -0.1) is 0 Å². The van der Waals surface area contributed by atoms with E-state index in [1.165, 1.54) is 5.56 Å². The van der Waals surface area contributed by atoms with Gasteiger partial charge >= 0.3 is 0 Å². The molecule has 6 rings (SSSR count). The average molecular weight is 497 g/mol. The molecule has 0 saturated heterocycles. The SMILES string of the molecule is Brc1ccc(C2=NN3C(C2)c2ccccc2OC3c2cccc(Oc3ccccc3)c2)cc1. The van der Waals surface area contributed by atoms with Gasteiger partial charge in [-0.25, -0.2) is 5.01 Å². The maximum Gasteiger partial charge on any atom is 0.214 e. The molecular weight excluding hydrogens is 476 g/mol. The lowest BCUT2D eigenvalue weighted by Gasteiger charge is -2.38. The maximum atomic E-state index is 6.50. The van der Waals surface area contributed by atoms with Gasteiger partial charge in [0.2, 0.25) is 6.23 Å². The van der Waals surface area contributed by atoms with Crippen LogP contribution in [0.3, 0.4) is 0 Å². The number of fused-ring (bicyclic) bond motifs is 3. The van der Waals surface area contributed by atoms with Gasteiger partial charge in [-0.2, -0.15) is 5.10 Å². The van der Waals surface area contributed by atoms with Crippen molar-refractivity contribution in [2.45, 2.75) is 18.7 Å². The Balaban J connectivity index is 1.37. The van der Waals surface area contributed by atoms with Crippen LogP contribution in [0.5, 0.6) is 17.2 Å². The fourth-order valence-electron chi connectivity index (χ4n) is 4.43. The highest BCUT2D eigenvalue weighted by Crippen LogP contribution is 2.47. The molecule has 4 aromatic rings. The Morgan fingerprint density at radius 3 is 2.42 bits per heavy atom. The summed E-state index contributed by atoms with van der Waals surface area (Å²) in [6.45, 7) is 0. The van der Waals surface area contributed by atoms with E-state index in [0.29, 0.717) is 0 Å². The van der Waals surface area contributed by atoms with Crippen molar-refractivity contribution in [3.63, 3.8) is 0 Å². The van der Waals surface area contributed by atoms with Gasteiger partial charge in [0.05, 0.1) is 11.8 Å². The molecule has 0 N–H and O–H groups in total. The number of halogens is 1. The number of nitrogens with zero attached hydrogens (tertiary/aromatic N) is 2. The van der Waals surface area contributed by atoms with Crippen molar-refractivity contribution in [1.82, 2.24) is 5.01 Å². The van der Waals surface area contributed by atoms with Crippen molar-refractivity contribution in [2.75, 3.05) is 0 Å². The first-order chi connectivity index (χ1) is 16.2. The molecule has 2 heterocycles. The summed E-state index contributed by atoms with van der Waals surface area (Å²) >= 11 is 3.52. The molecule has 0 radical (unpaired) electrons. The van der Waals surface area contributed by atoms with Crippen LogP contribution >= 0.6 is 15.9 Å². The predicted octanol–water partition coefficient (Wildman–Crippen LogP) is 7.48. The van der Waals surface area contributed by atoms with E-state index in [4.69, 9.17) is 14.6 Å². The van der Waals surface area contributed by atoms with Gasteiger partial charge in [0.25, 0.3) is 0 Å². The van der Waals surface area contributed by atoms with Crippen LogP contribution in [0.15, 0.2) is 113 Å². The summed E-state index contributed by atoms with van der Waals surface area (Å²) in [5, 5.41) is 7.15. The second-order valence-electron chi connectivity index (χ2n) is 8.15. The minimum absolute atomic E-state index is 0.122. The average Bonchev–Trinajstić information content (AvgIpc) is 3.31. The molecule has 2 unspecified atom stereocenters. The summed E-state index contributed by atoms with van der Waals surface area (Å²) < 4.78 is 13.6. The van der Waals surface area contributed by atoms with Crippen LogP contribution in [-0.4, -0.2) is 10.7 Å². The minimum atomic E-state index is -0.336. The largest absolute Gasteiger partial charge is 0.464 e. The number of hydrogen-bond donors (Lipinski definition) is 0. The van der Waals surface area contributed by atoms with E-state index < -0.39 is 0 Å². The Labute approximate surface area is 201 Å². The van der Waals surface area contributed by atoms with E-state index in [1.807, 2.05) is 60.7 Å². The molecule has 2 aliphatic rings. The van der Waals surface area contributed by atoms with Crippen molar-refractivity contribution >= 4 is 21.6 Å². The summed E-state index contributed by atoms with van der Waals surface area (Å²) in [7, 11) is 0. The van der Waals surface area contributed by atoms with Gasteiger partial charge in [-0.1, -0.05) is 76.6 Å². The first-order valence-electron chi connectivity index (χ1n) is 10.9. The molecule has 0 saturated carbocycles. The number of hydrogen-bond acceptors (Lipinski definition) is 4. The molecule has 2 aliphatic heterocycles. The van der Waals surface area contributed by atoms with Crippen LogP contribution in [0.4, 0.5) is 0 Å². The second-order valence-corrected chi connectivity index (χ2v) is 9.06. The third-order valence-corrected chi connectivity index (χ3v) is 6.53. The number of benzene rings is 4. The van der Waals surface area contributed by atoms with Crippen LogP contribution in [0.1, 0.15) is 35.4 Å². The van der Waals surface area contributed by atoms with Gasteiger partial charge in [-0.3, -0.25) is 0 Å². The van der Waals surface area contributed by atoms with Crippen LogP contribution in [0, 0.1) is 0 Å². The Kier molecular flexibility index (Phi) is 5.11. The Morgan fingerprint density at radius 1 is 0.818 bits per heavy atom. The first kappa shape index (κ1) is 20.1. The number of ether oxygens (including phenoxy) is 2. The summed E-state index contributed by atoms with van der Waals surface area (Å²) in [5.41, 5.74) is 4.37. The van der Waals surface area contributed by atoms with Crippen molar-refractivity contribution in [2.24, 2.45) is 5.10 Å². The highest BCUT2D eigenvalue weighted by atomic mass is 79.9. The van der Waals surface area contributed by atoms with Crippen molar-refractivity contribution in [1.29, 1.82) is 0 Å². The molecular formula is C28H21BrN2O2. The number of hydrazone groups is 1. The van der Waals surface area contributed by atoms with E-state index in [1.54, 1.807) is 0 Å². The molecule has 33 heavy (non-hydrogen) atoms. The summed E-state index contributed by atoms with van der Waals surface area (Å²) in [4.78, 5) is 0. The van der Waals surface area contributed by atoms with Gasteiger partial charge < -0.3 is 9.47 Å². The molecule has 0 aliphatic carbocycles. The molecule has 162 valence electrons. The molecule has 4 aromatic carbocycles. The van der Waals surface area contributed by atoms with Crippen LogP contribution < -0.4 is 9.47 Å². The van der Waals surface area contributed by atoms with Gasteiger partial charge in [0.1, 0.15) is 17.2 Å². The summed E-state index contributed by atoms with van der Waals surface area (Å²) in [5.74, 6) is 2.48. The number of rotatable bonds is 4.